The zero-order valence-electron chi connectivity index (χ0n) is 8.45. The first kappa shape index (κ1) is 10.6. The minimum absolute atomic E-state index is 0.325. The standard InChI is InChI=1S/C11H13ClN2O/c12-11-6-13-4-3-9(11)7-14-5-1-2-10(15)8-14/h3-4,6H,1-2,5,7-8H2. The van der Waals surface area contributed by atoms with Crippen molar-refractivity contribution in [2.24, 2.45) is 0 Å². The van der Waals surface area contributed by atoms with Gasteiger partial charge in [0, 0.05) is 25.4 Å². The summed E-state index contributed by atoms with van der Waals surface area (Å²) in [5, 5.41) is 0.676. The van der Waals surface area contributed by atoms with E-state index < -0.39 is 0 Å². The molecule has 0 radical (unpaired) electrons. The van der Waals surface area contributed by atoms with E-state index in [4.69, 9.17) is 11.6 Å². The Bertz CT molecular complexity index is 367. The SMILES string of the molecule is O=C1CCCN(Cc2ccncc2Cl)C1. The highest BCUT2D eigenvalue weighted by Gasteiger charge is 2.17. The van der Waals surface area contributed by atoms with Gasteiger partial charge in [0.2, 0.25) is 0 Å². The summed E-state index contributed by atoms with van der Waals surface area (Å²) >= 11 is 6.01. The highest BCUT2D eigenvalue weighted by atomic mass is 35.5. The van der Waals surface area contributed by atoms with Crippen molar-refractivity contribution in [3.8, 4) is 0 Å². The van der Waals surface area contributed by atoms with E-state index in [0.717, 1.165) is 31.5 Å². The summed E-state index contributed by atoms with van der Waals surface area (Å²) in [5.74, 6) is 0.325. The lowest BCUT2D eigenvalue weighted by molar-refractivity contribution is -0.122. The summed E-state index contributed by atoms with van der Waals surface area (Å²) in [5.41, 5.74) is 1.04. The number of hydrogen-bond acceptors (Lipinski definition) is 3. The van der Waals surface area contributed by atoms with Crippen molar-refractivity contribution < 1.29 is 4.79 Å². The zero-order chi connectivity index (χ0) is 10.7. The van der Waals surface area contributed by atoms with E-state index in [1.54, 1.807) is 12.4 Å². The van der Waals surface area contributed by atoms with Gasteiger partial charge in [-0.3, -0.25) is 14.7 Å². The van der Waals surface area contributed by atoms with Crippen LogP contribution in [0.5, 0.6) is 0 Å². The molecule has 80 valence electrons. The van der Waals surface area contributed by atoms with Crippen molar-refractivity contribution >= 4 is 17.4 Å². The number of Topliss-reactive ketones (excluding diaryl/α,β-unsaturated/α-hetero) is 1. The van der Waals surface area contributed by atoms with E-state index in [1.165, 1.54) is 0 Å². The van der Waals surface area contributed by atoms with Gasteiger partial charge in [-0.25, -0.2) is 0 Å². The van der Waals surface area contributed by atoms with Gasteiger partial charge in [-0.1, -0.05) is 11.6 Å². The number of ketones is 1. The fourth-order valence-corrected chi connectivity index (χ4v) is 1.99. The summed E-state index contributed by atoms with van der Waals surface area (Å²) < 4.78 is 0. The van der Waals surface area contributed by atoms with Gasteiger partial charge in [0.15, 0.2) is 0 Å². The van der Waals surface area contributed by atoms with Crippen LogP contribution in [0.3, 0.4) is 0 Å². The Morgan fingerprint density at radius 2 is 2.40 bits per heavy atom. The second-order valence-corrected chi connectivity index (χ2v) is 4.23. The lowest BCUT2D eigenvalue weighted by Gasteiger charge is -2.25. The largest absolute Gasteiger partial charge is 0.298 e. The summed E-state index contributed by atoms with van der Waals surface area (Å²) in [6.45, 7) is 2.27. The molecule has 0 N–H and O–H groups in total. The molecule has 1 aromatic rings. The molecule has 1 aromatic heterocycles. The highest BCUT2D eigenvalue weighted by molar-refractivity contribution is 6.31. The molecule has 2 rings (SSSR count). The Balaban J connectivity index is 2.02. The van der Waals surface area contributed by atoms with Crippen molar-refractivity contribution in [3.63, 3.8) is 0 Å². The minimum atomic E-state index is 0.325. The minimum Gasteiger partial charge on any atom is -0.298 e. The van der Waals surface area contributed by atoms with Crippen molar-refractivity contribution in [3.05, 3.63) is 29.0 Å². The van der Waals surface area contributed by atoms with Crippen molar-refractivity contribution in [2.45, 2.75) is 19.4 Å². The summed E-state index contributed by atoms with van der Waals surface area (Å²) in [6.07, 6.45) is 5.05. The monoisotopic (exact) mass is 224 g/mol. The first-order valence-corrected chi connectivity index (χ1v) is 5.46. The smallest absolute Gasteiger partial charge is 0.146 e. The van der Waals surface area contributed by atoms with Crippen LogP contribution < -0.4 is 0 Å². The lowest BCUT2D eigenvalue weighted by Crippen LogP contribution is -2.35. The van der Waals surface area contributed by atoms with E-state index in [9.17, 15) is 4.79 Å². The number of carbonyl (C=O) groups excluding carboxylic acids is 1. The number of pyridine rings is 1. The van der Waals surface area contributed by atoms with Crippen molar-refractivity contribution in [1.82, 2.24) is 9.88 Å². The molecule has 0 aliphatic carbocycles. The molecule has 1 fully saturated rings. The van der Waals surface area contributed by atoms with Crippen LogP contribution in [0.2, 0.25) is 5.02 Å². The second-order valence-electron chi connectivity index (χ2n) is 3.82. The molecule has 0 atom stereocenters. The topological polar surface area (TPSA) is 33.2 Å². The van der Waals surface area contributed by atoms with E-state index >= 15 is 0 Å². The number of halogens is 1. The average molecular weight is 225 g/mol. The first-order valence-electron chi connectivity index (χ1n) is 5.08. The molecule has 1 aliphatic rings. The van der Waals surface area contributed by atoms with Crippen molar-refractivity contribution in [1.29, 1.82) is 0 Å². The predicted molar refractivity (Wildman–Crippen MR) is 58.8 cm³/mol. The second kappa shape index (κ2) is 4.73. The van der Waals surface area contributed by atoms with Crippen LogP contribution in [0.1, 0.15) is 18.4 Å². The molecule has 15 heavy (non-hydrogen) atoms. The number of hydrogen-bond donors (Lipinski definition) is 0. The van der Waals surface area contributed by atoms with Gasteiger partial charge in [-0.15, -0.1) is 0 Å². The van der Waals surface area contributed by atoms with Gasteiger partial charge in [-0.2, -0.15) is 0 Å². The molecule has 0 saturated carbocycles. The lowest BCUT2D eigenvalue weighted by atomic mass is 10.1. The van der Waals surface area contributed by atoms with E-state index in [-0.39, 0.29) is 0 Å². The molecule has 3 nitrogen and oxygen atoms in total. The Morgan fingerprint density at radius 3 is 3.13 bits per heavy atom. The van der Waals surface area contributed by atoms with Gasteiger partial charge in [-0.05, 0) is 24.6 Å². The van der Waals surface area contributed by atoms with Crippen LogP contribution in [0.25, 0.3) is 0 Å². The van der Waals surface area contributed by atoms with Crippen LogP contribution in [0.4, 0.5) is 0 Å². The molecule has 0 unspecified atom stereocenters. The Morgan fingerprint density at radius 1 is 1.53 bits per heavy atom. The van der Waals surface area contributed by atoms with Crippen molar-refractivity contribution in [2.75, 3.05) is 13.1 Å². The van der Waals surface area contributed by atoms with E-state index in [1.807, 2.05) is 6.07 Å². The molecular formula is C11H13ClN2O. The third kappa shape index (κ3) is 2.76. The molecule has 0 bridgehead atoms. The maximum atomic E-state index is 11.3. The van der Waals surface area contributed by atoms with E-state index in [0.29, 0.717) is 17.4 Å². The fraction of sp³-hybridized carbons (Fsp3) is 0.455. The van der Waals surface area contributed by atoms with Crippen LogP contribution >= 0.6 is 11.6 Å². The molecule has 1 aliphatic heterocycles. The van der Waals surface area contributed by atoms with E-state index in [2.05, 4.69) is 9.88 Å². The van der Waals surface area contributed by atoms with Crippen LogP contribution in [0.15, 0.2) is 18.5 Å². The zero-order valence-corrected chi connectivity index (χ0v) is 9.20. The first-order chi connectivity index (χ1) is 7.25. The molecule has 0 amide bonds. The Hall–Kier alpha value is -0.930. The van der Waals surface area contributed by atoms with Crippen LogP contribution in [0, 0.1) is 0 Å². The molecule has 4 heteroatoms. The fourth-order valence-electron chi connectivity index (χ4n) is 1.82. The van der Waals surface area contributed by atoms with Gasteiger partial charge in [0.25, 0.3) is 0 Å². The maximum Gasteiger partial charge on any atom is 0.146 e. The van der Waals surface area contributed by atoms with Gasteiger partial charge in [0.1, 0.15) is 5.78 Å². The summed E-state index contributed by atoms with van der Waals surface area (Å²) in [7, 11) is 0. The number of likely N-dealkylation sites (tertiary alicyclic amines) is 1. The summed E-state index contributed by atoms with van der Waals surface area (Å²) in [6, 6.07) is 1.90. The number of carbonyl (C=O) groups is 1. The number of rotatable bonds is 2. The molecule has 2 heterocycles. The molecule has 1 saturated heterocycles. The van der Waals surface area contributed by atoms with Gasteiger partial charge < -0.3 is 0 Å². The highest BCUT2D eigenvalue weighted by Crippen LogP contribution is 2.17. The Labute approximate surface area is 94.1 Å². The Kier molecular flexibility index (Phi) is 3.34. The number of piperidine rings is 1. The molecule has 0 spiro atoms. The van der Waals surface area contributed by atoms with Crippen LogP contribution in [-0.2, 0) is 11.3 Å². The number of nitrogens with zero attached hydrogens (tertiary/aromatic N) is 2. The quantitative estimate of drug-likeness (QED) is 0.770. The third-order valence-electron chi connectivity index (χ3n) is 2.58. The normalized spacial score (nSPS) is 18.1. The predicted octanol–water partition coefficient (Wildman–Crippen LogP) is 1.90. The molecule has 0 aromatic carbocycles. The van der Waals surface area contributed by atoms with Crippen LogP contribution in [-0.4, -0.2) is 28.8 Å². The maximum absolute atomic E-state index is 11.3. The molecular weight excluding hydrogens is 212 g/mol. The number of aromatic nitrogens is 1. The average Bonchev–Trinajstić information content (AvgIpc) is 2.22. The summed E-state index contributed by atoms with van der Waals surface area (Å²) in [4.78, 5) is 17.3. The van der Waals surface area contributed by atoms with Gasteiger partial charge >= 0.3 is 0 Å². The third-order valence-corrected chi connectivity index (χ3v) is 2.92. The van der Waals surface area contributed by atoms with Gasteiger partial charge in [0.05, 0.1) is 11.6 Å².